The second-order valence-corrected chi connectivity index (χ2v) is 7.93. The van der Waals surface area contributed by atoms with Crippen molar-refractivity contribution in [3.8, 4) is 0 Å². The molecule has 106 valence electrons. The highest BCUT2D eigenvalue weighted by atomic mass is 15.2. The van der Waals surface area contributed by atoms with Crippen LogP contribution in [-0.2, 0) is 18.4 Å². The fraction of sp³-hybridized carbons (Fsp3) is 0.667. The molecule has 0 saturated heterocycles. The summed E-state index contributed by atoms with van der Waals surface area (Å²) in [4.78, 5) is 2.62. The zero-order chi connectivity index (χ0) is 14.3. The van der Waals surface area contributed by atoms with Gasteiger partial charge in [0.2, 0.25) is 0 Å². The van der Waals surface area contributed by atoms with E-state index in [4.69, 9.17) is 0 Å². The monoisotopic (exact) mass is 259 g/mol. The number of hydrogen-bond donors (Lipinski definition) is 0. The molecule has 0 fully saturated rings. The molecule has 1 aliphatic heterocycles. The Labute approximate surface area is 119 Å². The van der Waals surface area contributed by atoms with Crippen LogP contribution in [0.3, 0.4) is 0 Å². The molecule has 0 radical (unpaired) electrons. The van der Waals surface area contributed by atoms with Crippen molar-refractivity contribution in [2.24, 2.45) is 0 Å². The molecule has 19 heavy (non-hydrogen) atoms. The Morgan fingerprint density at radius 2 is 1.63 bits per heavy atom. The highest BCUT2D eigenvalue weighted by molar-refractivity contribution is 5.36. The summed E-state index contributed by atoms with van der Waals surface area (Å²) in [6.45, 7) is 16.2. The van der Waals surface area contributed by atoms with Gasteiger partial charge in [0.25, 0.3) is 0 Å². The molecule has 1 nitrogen and oxygen atoms in total. The first-order valence-electron chi connectivity index (χ1n) is 7.55. The maximum atomic E-state index is 2.62. The van der Waals surface area contributed by atoms with Gasteiger partial charge in [-0.15, -0.1) is 0 Å². The van der Waals surface area contributed by atoms with Gasteiger partial charge in [0.15, 0.2) is 0 Å². The van der Waals surface area contributed by atoms with Gasteiger partial charge < -0.3 is 0 Å². The van der Waals surface area contributed by atoms with Gasteiger partial charge in [-0.05, 0) is 62.3 Å². The smallest absolute Gasteiger partial charge is 0.0241 e. The SMILES string of the molecule is CC(C)(C)c1ccc2c(c1)CN(C(C)(C)C)CCC2. The molecule has 1 aliphatic rings. The van der Waals surface area contributed by atoms with E-state index in [0.717, 1.165) is 6.54 Å². The summed E-state index contributed by atoms with van der Waals surface area (Å²) < 4.78 is 0. The molecule has 0 N–H and O–H groups in total. The van der Waals surface area contributed by atoms with Gasteiger partial charge >= 0.3 is 0 Å². The van der Waals surface area contributed by atoms with Gasteiger partial charge in [-0.1, -0.05) is 39.0 Å². The molecule has 0 aliphatic carbocycles. The molecule has 0 bridgehead atoms. The van der Waals surface area contributed by atoms with Crippen molar-refractivity contribution in [2.75, 3.05) is 6.54 Å². The highest BCUT2D eigenvalue weighted by Gasteiger charge is 2.25. The summed E-state index contributed by atoms with van der Waals surface area (Å²) >= 11 is 0. The van der Waals surface area contributed by atoms with Crippen LogP contribution in [0.4, 0.5) is 0 Å². The molecular weight excluding hydrogens is 230 g/mol. The van der Waals surface area contributed by atoms with Crippen molar-refractivity contribution in [3.05, 3.63) is 34.9 Å². The van der Waals surface area contributed by atoms with Crippen LogP contribution in [0, 0.1) is 0 Å². The van der Waals surface area contributed by atoms with Gasteiger partial charge in [-0.3, -0.25) is 4.90 Å². The topological polar surface area (TPSA) is 3.24 Å². The molecular formula is C18H29N. The summed E-state index contributed by atoms with van der Waals surface area (Å²) in [5, 5.41) is 0. The largest absolute Gasteiger partial charge is 0.294 e. The van der Waals surface area contributed by atoms with Crippen molar-refractivity contribution in [3.63, 3.8) is 0 Å². The number of hydrogen-bond acceptors (Lipinski definition) is 1. The molecule has 1 aromatic rings. The first-order valence-corrected chi connectivity index (χ1v) is 7.55. The number of benzene rings is 1. The van der Waals surface area contributed by atoms with E-state index >= 15 is 0 Å². The molecule has 0 unspecified atom stereocenters. The first-order chi connectivity index (χ1) is 8.68. The third-order valence-electron chi connectivity index (χ3n) is 4.26. The summed E-state index contributed by atoms with van der Waals surface area (Å²) in [5.74, 6) is 0. The number of aryl methyl sites for hydroxylation is 1. The Hall–Kier alpha value is -0.820. The van der Waals surface area contributed by atoms with Gasteiger partial charge in [-0.25, -0.2) is 0 Å². The zero-order valence-corrected chi connectivity index (χ0v) is 13.5. The average Bonchev–Trinajstić information content (AvgIpc) is 2.47. The van der Waals surface area contributed by atoms with Crippen molar-refractivity contribution in [2.45, 2.75) is 71.9 Å². The molecule has 1 heteroatoms. The minimum Gasteiger partial charge on any atom is -0.294 e. The zero-order valence-electron chi connectivity index (χ0n) is 13.5. The molecule has 1 aromatic carbocycles. The predicted molar refractivity (Wildman–Crippen MR) is 83.6 cm³/mol. The first kappa shape index (κ1) is 14.6. The Morgan fingerprint density at radius 1 is 0.947 bits per heavy atom. The third-order valence-corrected chi connectivity index (χ3v) is 4.26. The fourth-order valence-corrected chi connectivity index (χ4v) is 2.80. The average molecular weight is 259 g/mol. The Bertz CT molecular complexity index is 446. The van der Waals surface area contributed by atoms with Crippen LogP contribution in [0.25, 0.3) is 0 Å². The molecule has 0 aromatic heterocycles. The maximum absolute atomic E-state index is 2.62. The normalized spacial score (nSPS) is 18.0. The lowest BCUT2D eigenvalue weighted by molar-refractivity contribution is 0.130. The van der Waals surface area contributed by atoms with Crippen LogP contribution in [0.2, 0.25) is 0 Å². The minimum absolute atomic E-state index is 0.244. The lowest BCUT2D eigenvalue weighted by atomic mass is 9.85. The van der Waals surface area contributed by atoms with E-state index in [1.165, 1.54) is 24.9 Å². The van der Waals surface area contributed by atoms with Crippen LogP contribution in [-0.4, -0.2) is 17.0 Å². The number of rotatable bonds is 0. The summed E-state index contributed by atoms with van der Waals surface area (Å²) in [6.07, 6.45) is 2.51. The molecule has 0 saturated carbocycles. The van der Waals surface area contributed by atoms with Crippen LogP contribution in [0.5, 0.6) is 0 Å². The van der Waals surface area contributed by atoms with Gasteiger partial charge in [0.1, 0.15) is 0 Å². The maximum Gasteiger partial charge on any atom is 0.0241 e. The van der Waals surface area contributed by atoms with E-state index in [1.807, 2.05) is 0 Å². The van der Waals surface area contributed by atoms with Crippen molar-refractivity contribution in [1.29, 1.82) is 0 Å². The summed E-state index contributed by atoms with van der Waals surface area (Å²) in [5.41, 5.74) is 5.06. The quantitative estimate of drug-likeness (QED) is 0.661. The van der Waals surface area contributed by atoms with Crippen LogP contribution >= 0.6 is 0 Å². The van der Waals surface area contributed by atoms with Gasteiger partial charge in [0.05, 0.1) is 0 Å². The Kier molecular flexibility index (Phi) is 3.79. The van der Waals surface area contributed by atoms with Crippen molar-refractivity contribution >= 4 is 0 Å². The predicted octanol–water partition coefficient (Wildman–Crippen LogP) is 4.53. The van der Waals surface area contributed by atoms with Crippen molar-refractivity contribution in [1.82, 2.24) is 4.90 Å². The highest BCUT2D eigenvalue weighted by Crippen LogP contribution is 2.29. The molecule has 1 heterocycles. The second-order valence-electron chi connectivity index (χ2n) is 7.93. The third kappa shape index (κ3) is 3.39. The lowest BCUT2D eigenvalue weighted by Gasteiger charge is -2.35. The van der Waals surface area contributed by atoms with Crippen LogP contribution < -0.4 is 0 Å². The number of fused-ring (bicyclic) bond motifs is 1. The van der Waals surface area contributed by atoms with Crippen LogP contribution in [0.1, 0.15) is 64.7 Å². The van der Waals surface area contributed by atoms with E-state index < -0.39 is 0 Å². The molecule has 0 spiro atoms. The summed E-state index contributed by atoms with van der Waals surface area (Å²) in [6, 6.07) is 7.13. The number of nitrogens with zero attached hydrogens (tertiary/aromatic N) is 1. The van der Waals surface area contributed by atoms with E-state index in [-0.39, 0.29) is 11.0 Å². The summed E-state index contributed by atoms with van der Waals surface area (Å²) in [7, 11) is 0. The minimum atomic E-state index is 0.244. The van der Waals surface area contributed by atoms with E-state index in [1.54, 1.807) is 11.1 Å². The molecule has 0 atom stereocenters. The second kappa shape index (κ2) is 4.94. The fourth-order valence-electron chi connectivity index (χ4n) is 2.80. The van der Waals surface area contributed by atoms with E-state index in [0.29, 0.717) is 0 Å². The lowest BCUT2D eigenvalue weighted by Crippen LogP contribution is -2.40. The van der Waals surface area contributed by atoms with Gasteiger partial charge in [-0.2, -0.15) is 0 Å². The Morgan fingerprint density at radius 3 is 2.21 bits per heavy atom. The Balaban J connectivity index is 2.35. The van der Waals surface area contributed by atoms with Crippen LogP contribution in [0.15, 0.2) is 18.2 Å². The van der Waals surface area contributed by atoms with Gasteiger partial charge in [0, 0.05) is 12.1 Å². The van der Waals surface area contributed by atoms with E-state index in [2.05, 4.69) is 64.6 Å². The van der Waals surface area contributed by atoms with Crippen molar-refractivity contribution < 1.29 is 0 Å². The standard InChI is InChI=1S/C18H29N/c1-17(2,3)16-10-9-14-8-7-11-19(18(4,5)6)13-15(14)12-16/h9-10,12H,7-8,11,13H2,1-6H3. The van der Waals surface area contributed by atoms with E-state index in [9.17, 15) is 0 Å². The molecule has 2 rings (SSSR count). The molecule has 0 amide bonds.